The summed E-state index contributed by atoms with van der Waals surface area (Å²) in [6, 6.07) is 67.5. The maximum atomic E-state index is 7.45. The van der Waals surface area contributed by atoms with Crippen LogP contribution in [-0.4, -0.2) is 14.5 Å². The fourth-order valence-corrected chi connectivity index (χ4v) is 9.83. The lowest BCUT2D eigenvalue weighted by Crippen LogP contribution is -2.27. The molecule has 0 saturated carbocycles. The lowest BCUT2D eigenvalue weighted by molar-refractivity contribution is 0.418. The van der Waals surface area contributed by atoms with Crippen molar-refractivity contribution in [1.29, 1.82) is 0 Å². The van der Waals surface area contributed by atoms with E-state index in [1.807, 2.05) is 12.1 Å². The van der Waals surface area contributed by atoms with Crippen molar-refractivity contribution in [2.24, 2.45) is 0 Å². The van der Waals surface area contributed by atoms with E-state index in [0.29, 0.717) is 5.82 Å². The highest BCUT2D eigenvalue weighted by atomic mass is 16.5. The zero-order valence-corrected chi connectivity index (χ0v) is 39.6. The predicted molar refractivity (Wildman–Crippen MR) is 280 cm³/mol. The minimum absolute atomic E-state index is 0.0879. The summed E-state index contributed by atoms with van der Waals surface area (Å²) in [6.45, 7) is 18.6. The molecule has 0 amide bonds. The van der Waals surface area contributed by atoms with Crippen LogP contribution in [0.1, 0.15) is 77.6 Å². The van der Waals surface area contributed by atoms with E-state index < -0.39 is 0 Å². The highest BCUT2D eigenvalue weighted by Crippen LogP contribution is 2.56. The van der Waals surface area contributed by atoms with E-state index in [1.165, 1.54) is 44.1 Å². The minimum Gasteiger partial charge on any atom is -0.455 e. The molecule has 2 aromatic heterocycles. The maximum absolute atomic E-state index is 7.45. The fourth-order valence-electron chi connectivity index (χ4n) is 9.83. The van der Waals surface area contributed by atoms with Crippen molar-refractivity contribution in [2.75, 3.05) is 0 Å². The van der Waals surface area contributed by atoms with Crippen LogP contribution in [0.4, 0.5) is 0 Å². The number of hydrogen-bond acceptors (Lipinski definition) is 3. The van der Waals surface area contributed by atoms with Crippen molar-refractivity contribution >= 4 is 21.8 Å². The van der Waals surface area contributed by atoms with Gasteiger partial charge < -0.3 is 9.30 Å². The van der Waals surface area contributed by atoms with Gasteiger partial charge in [0.1, 0.15) is 11.5 Å². The first-order chi connectivity index (χ1) is 32.2. The summed E-state index contributed by atoms with van der Waals surface area (Å²) in [6.07, 6.45) is 0. The SMILES string of the molecule is CC(C)(C)c1cc(-c2ccc(-c3nc(-c4ccccc4)cc(-c4ccccc4)n3)cc2)c2c(c1)C(C)(C)c1cc(C(C)(C)C)cc(-c3ccc(-n4c5ccccc5c5ccccc54)cc3)c1O2. The summed E-state index contributed by atoms with van der Waals surface area (Å²) < 4.78 is 9.83. The van der Waals surface area contributed by atoms with Crippen molar-refractivity contribution in [2.45, 2.75) is 71.6 Å². The molecule has 0 saturated heterocycles. The highest BCUT2D eigenvalue weighted by Gasteiger charge is 2.39. The van der Waals surface area contributed by atoms with E-state index >= 15 is 0 Å². The third-order valence-corrected chi connectivity index (χ3v) is 13.8. The van der Waals surface area contributed by atoms with E-state index in [0.717, 1.165) is 67.5 Å². The second-order valence-corrected chi connectivity index (χ2v) is 20.7. The summed E-state index contributed by atoms with van der Waals surface area (Å²) in [5.74, 6) is 2.50. The van der Waals surface area contributed by atoms with Gasteiger partial charge in [-0.2, -0.15) is 0 Å². The van der Waals surface area contributed by atoms with E-state index in [4.69, 9.17) is 14.7 Å². The van der Waals surface area contributed by atoms with Crippen LogP contribution in [0.5, 0.6) is 11.5 Å². The summed E-state index contributed by atoms with van der Waals surface area (Å²) in [5, 5.41) is 2.51. The summed E-state index contributed by atoms with van der Waals surface area (Å²) in [4.78, 5) is 10.3. The van der Waals surface area contributed by atoms with Gasteiger partial charge in [0.05, 0.1) is 22.4 Å². The zero-order valence-electron chi connectivity index (χ0n) is 39.6. The van der Waals surface area contributed by atoms with Gasteiger partial charge in [-0.1, -0.05) is 201 Å². The van der Waals surface area contributed by atoms with Crippen LogP contribution in [0.2, 0.25) is 0 Å². The van der Waals surface area contributed by atoms with Crippen LogP contribution in [0.3, 0.4) is 0 Å². The standard InChI is InChI=1S/C63H55N3O/c1-61(2,3)45-35-50(40-27-29-44(30-28-40)60-64-54(42-19-11-9-12-20-42)39-55(65-60)43-21-13-10-14-22-43)58-52(37-45)63(7,8)53-38-46(62(4,5)6)36-51(59(53)67-58)41-31-33-47(34-32-41)66-56-25-17-15-23-48(56)49-24-16-18-26-57(49)66/h9-39H,1-8H3. The van der Waals surface area contributed by atoms with Crippen LogP contribution in [-0.2, 0) is 16.2 Å². The molecule has 0 unspecified atom stereocenters. The van der Waals surface area contributed by atoms with Gasteiger partial charge in [-0.25, -0.2) is 9.97 Å². The molecule has 0 atom stereocenters. The molecule has 1 aliphatic heterocycles. The second-order valence-electron chi connectivity index (χ2n) is 20.7. The Labute approximate surface area is 394 Å². The number of hydrogen-bond donors (Lipinski definition) is 0. The second kappa shape index (κ2) is 15.8. The van der Waals surface area contributed by atoms with Crippen LogP contribution >= 0.6 is 0 Å². The number of ether oxygens (including phenoxy) is 1. The van der Waals surface area contributed by atoms with Gasteiger partial charge in [-0.05, 0) is 75.5 Å². The molecule has 0 aliphatic carbocycles. The summed E-state index contributed by atoms with van der Waals surface area (Å²) in [7, 11) is 0. The number of benzene rings is 8. The molecule has 11 rings (SSSR count). The van der Waals surface area contributed by atoms with Gasteiger partial charge >= 0.3 is 0 Å². The highest BCUT2D eigenvalue weighted by molar-refractivity contribution is 6.09. The third-order valence-electron chi connectivity index (χ3n) is 13.8. The first-order valence-electron chi connectivity index (χ1n) is 23.5. The van der Waals surface area contributed by atoms with Gasteiger partial charge in [-0.3, -0.25) is 0 Å². The molecule has 1 aliphatic rings. The fraction of sp³-hybridized carbons (Fsp3) is 0.175. The molecule has 0 bridgehead atoms. The molecular weight excluding hydrogens is 815 g/mol. The molecule has 4 nitrogen and oxygen atoms in total. The molecular formula is C63H55N3O. The zero-order chi connectivity index (χ0) is 46.2. The number of aromatic nitrogens is 3. The Balaban J connectivity index is 1.04. The number of para-hydroxylation sites is 2. The van der Waals surface area contributed by atoms with Crippen LogP contribution in [0, 0.1) is 0 Å². The Bertz CT molecular complexity index is 3380. The minimum atomic E-state index is -0.378. The lowest BCUT2D eigenvalue weighted by Gasteiger charge is -2.39. The van der Waals surface area contributed by atoms with Crippen molar-refractivity contribution in [1.82, 2.24) is 14.5 Å². The quantitative estimate of drug-likeness (QED) is 0.167. The Morgan fingerprint density at radius 3 is 1.27 bits per heavy atom. The molecule has 3 heterocycles. The Hall–Kier alpha value is -7.56. The molecule has 4 heteroatoms. The van der Waals surface area contributed by atoms with E-state index in [2.05, 4.69) is 236 Å². The van der Waals surface area contributed by atoms with Gasteiger partial charge in [-0.15, -0.1) is 0 Å². The number of rotatable bonds is 6. The first kappa shape index (κ1) is 42.1. The molecule has 0 radical (unpaired) electrons. The van der Waals surface area contributed by atoms with Gasteiger partial charge in [0.25, 0.3) is 0 Å². The number of fused-ring (bicyclic) bond motifs is 5. The average molecular weight is 870 g/mol. The van der Waals surface area contributed by atoms with E-state index in [9.17, 15) is 0 Å². The first-order valence-corrected chi connectivity index (χ1v) is 23.5. The van der Waals surface area contributed by atoms with Crippen molar-refractivity contribution < 1.29 is 4.74 Å². The third kappa shape index (κ3) is 7.42. The molecule has 0 spiro atoms. The normalized spacial score (nSPS) is 13.3. The lowest BCUT2D eigenvalue weighted by atomic mass is 9.70. The Kier molecular flexibility index (Phi) is 9.93. The number of nitrogens with zero attached hydrogens (tertiary/aromatic N) is 3. The average Bonchev–Trinajstić information content (AvgIpc) is 3.68. The molecule has 0 fully saturated rings. The van der Waals surface area contributed by atoms with Crippen LogP contribution in [0.25, 0.3) is 83.6 Å². The molecule has 67 heavy (non-hydrogen) atoms. The Morgan fingerprint density at radius 1 is 0.418 bits per heavy atom. The molecule has 10 aromatic rings. The van der Waals surface area contributed by atoms with Gasteiger partial charge in [0.2, 0.25) is 0 Å². The van der Waals surface area contributed by atoms with E-state index in [1.54, 1.807) is 0 Å². The topological polar surface area (TPSA) is 39.9 Å². The van der Waals surface area contributed by atoms with E-state index in [-0.39, 0.29) is 16.2 Å². The van der Waals surface area contributed by atoms with Crippen molar-refractivity contribution in [3.05, 3.63) is 210 Å². The summed E-state index contributed by atoms with van der Waals surface area (Å²) in [5.41, 5.74) is 17.1. The van der Waals surface area contributed by atoms with Crippen molar-refractivity contribution in [3.8, 4) is 73.3 Å². The maximum Gasteiger partial charge on any atom is 0.160 e. The molecule has 328 valence electrons. The van der Waals surface area contributed by atoms with Crippen LogP contribution in [0.15, 0.2) is 188 Å². The Morgan fingerprint density at radius 2 is 0.821 bits per heavy atom. The smallest absolute Gasteiger partial charge is 0.160 e. The van der Waals surface area contributed by atoms with Crippen LogP contribution < -0.4 is 4.74 Å². The summed E-state index contributed by atoms with van der Waals surface area (Å²) >= 11 is 0. The monoisotopic (exact) mass is 869 g/mol. The molecule has 8 aromatic carbocycles. The van der Waals surface area contributed by atoms with Gasteiger partial charge in [0, 0.05) is 60.8 Å². The largest absolute Gasteiger partial charge is 0.455 e. The predicted octanol–water partition coefficient (Wildman–Crippen LogP) is 16.9. The molecule has 0 N–H and O–H groups in total. The van der Waals surface area contributed by atoms with Gasteiger partial charge in [0.15, 0.2) is 5.82 Å². The van der Waals surface area contributed by atoms with Crippen molar-refractivity contribution in [3.63, 3.8) is 0 Å².